The summed E-state index contributed by atoms with van der Waals surface area (Å²) in [6.07, 6.45) is 2.48. The smallest absolute Gasteiger partial charge is 0.252 e. The van der Waals surface area contributed by atoms with Gasteiger partial charge in [-0.3, -0.25) is 4.79 Å². The summed E-state index contributed by atoms with van der Waals surface area (Å²) in [5, 5.41) is 3.53. The van der Waals surface area contributed by atoms with Crippen molar-refractivity contribution in [2.45, 2.75) is 12.8 Å². The third-order valence-corrected chi connectivity index (χ3v) is 3.32. The molecule has 1 aromatic carbocycles. The first kappa shape index (κ1) is 11.0. The maximum atomic E-state index is 11.7. The Morgan fingerprint density at radius 1 is 1.53 bits per heavy atom. The lowest BCUT2D eigenvalue weighted by molar-refractivity contribution is 0.0951. The molecule has 0 unspecified atom stereocenters. The molecule has 1 aliphatic carbocycles. The zero-order valence-electron chi connectivity index (χ0n) is 8.09. The molecule has 4 heteroatoms. The van der Waals surface area contributed by atoms with Crippen molar-refractivity contribution in [2.75, 3.05) is 6.54 Å². The molecule has 1 saturated carbocycles. The molecule has 0 radical (unpaired) electrons. The van der Waals surface area contributed by atoms with Crippen molar-refractivity contribution in [3.63, 3.8) is 0 Å². The second-order valence-corrected chi connectivity index (χ2v) is 5.07. The monoisotopic (exact) mass is 287 g/mol. The van der Waals surface area contributed by atoms with Gasteiger partial charge in [-0.15, -0.1) is 0 Å². The largest absolute Gasteiger partial charge is 0.352 e. The second kappa shape index (κ2) is 4.54. The maximum Gasteiger partial charge on any atom is 0.252 e. The van der Waals surface area contributed by atoms with Gasteiger partial charge in [0.25, 0.3) is 5.91 Å². The lowest BCUT2D eigenvalue weighted by Gasteiger charge is -2.06. The van der Waals surface area contributed by atoms with Gasteiger partial charge >= 0.3 is 0 Å². The SMILES string of the molecule is O=C(NCC1CC1)c1ccc(Cl)cc1Br. The van der Waals surface area contributed by atoms with E-state index in [2.05, 4.69) is 21.2 Å². The Labute approximate surface area is 102 Å². The van der Waals surface area contributed by atoms with Gasteiger partial charge in [-0.05, 0) is 52.9 Å². The van der Waals surface area contributed by atoms with Gasteiger partial charge in [0.15, 0.2) is 0 Å². The minimum absolute atomic E-state index is 0.0366. The van der Waals surface area contributed by atoms with Crippen molar-refractivity contribution in [1.82, 2.24) is 5.32 Å². The topological polar surface area (TPSA) is 29.1 Å². The van der Waals surface area contributed by atoms with Crippen molar-refractivity contribution in [3.8, 4) is 0 Å². The zero-order valence-corrected chi connectivity index (χ0v) is 10.4. The minimum Gasteiger partial charge on any atom is -0.352 e. The molecule has 0 bridgehead atoms. The molecule has 0 spiro atoms. The Kier molecular flexibility index (Phi) is 3.32. The van der Waals surface area contributed by atoms with Gasteiger partial charge in [0.05, 0.1) is 5.56 Å². The van der Waals surface area contributed by atoms with E-state index in [0.717, 1.165) is 11.0 Å². The molecule has 1 N–H and O–H groups in total. The number of amides is 1. The number of carbonyl (C=O) groups is 1. The Morgan fingerprint density at radius 2 is 2.27 bits per heavy atom. The van der Waals surface area contributed by atoms with E-state index >= 15 is 0 Å². The van der Waals surface area contributed by atoms with E-state index in [9.17, 15) is 4.79 Å². The van der Waals surface area contributed by atoms with Gasteiger partial charge in [0, 0.05) is 16.0 Å². The fourth-order valence-electron chi connectivity index (χ4n) is 1.33. The summed E-state index contributed by atoms with van der Waals surface area (Å²) in [7, 11) is 0. The minimum atomic E-state index is -0.0366. The molecule has 0 aliphatic heterocycles. The molecule has 0 saturated heterocycles. The van der Waals surface area contributed by atoms with Crippen LogP contribution in [0.5, 0.6) is 0 Å². The number of halogens is 2. The van der Waals surface area contributed by atoms with E-state index in [1.165, 1.54) is 12.8 Å². The van der Waals surface area contributed by atoms with Crippen LogP contribution in [0.4, 0.5) is 0 Å². The van der Waals surface area contributed by atoms with Gasteiger partial charge in [-0.1, -0.05) is 11.6 Å². The summed E-state index contributed by atoms with van der Waals surface area (Å²) in [4.78, 5) is 11.7. The summed E-state index contributed by atoms with van der Waals surface area (Å²) in [6, 6.07) is 5.18. The van der Waals surface area contributed by atoms with Crippen molar-refractivity contribution in [3.05, 3.63) is 33.3 Å². The average Bonchev–Trinajstić information content (AvgIpc) is 2.97. The van der Waals surface area contributed by atoms with Crippen LogP contribution in [-0.2, 0) is 0 Å². The second-order valence-electron chi connectivity index (χ2n) is 3.78. The van der Waals surface area contributed by atoms with Gasteiger partial charge < -0.3 is 5.32 Å². The van der Waals surface area contributed by atoms with Crippen LogP contribution in [0.2, 0.25) is 5.02 Å². The highest BCUT2D eigenvalue weighted by Crippen LogP contribution is 2.28. The van der Waals surface area contributed by atoms with Gasteiger partial charge in [-0.25, -0.2) is 0 Å². The number of carbonyl (C=O) groups excluding carboxylic acids is 1. The molecule has 1 aromatic rings. The lowest BCUT2D eigenvalue weighted by atomic mass is 10.2. The van der Waals surface area contributed by atoms with Crippen LogP contribution in [0.25, 0.3) is 0 Å². The van der Waals surface area contributed by atoms with Crippen LogP contribution in [0.15, 0.2) is 22.7 Å². The molecule has 80 valence electrons. The molecule has 1 fully saturated rings. The van der Waals surface area contributed by atoms with Gasteiger partial charge in [0.2, 0.25) is 0 Å². The summed E-state index contributed by atoms with van der Waals surface area (Å²) in [5.41, 5.74) is 0.639. The predicted octanol–water partition coefficient (Wildman–Crippen LogP) is 3.24. The van der Waals surface area contributed by atoms with Gasteiger partial charge in [0.1, 0.15) is 0 Å². The molecule has 2 rings (SSSR count). The summed E-state index contributed by atoms with van der Waals surface area (Å²) in [6.45, 7) is 0.786. The third kappa shape index (κ3) is 2.95. The number of benzene rings is 1. The van der Waals surface area contributed by atoms with Crippen LogP contribution >= 0.6 is 27.5 Å². The number of rotatable bonds is 3. The first-order valence-electron chi connectivity index (χ1n) is 4.90. The summed E-state index contributed by atoms with van der Waals surface area (Å²) >= 11 is 9.12. The average molecular weight is 289 g/mol. The summed E-state index contributed by atoms with van der Waals surface area (Å²) < 4.78 is 0.739. The van der Waals surface area contributed by atoms with Crippen molar-refractivity contribution < 1.29 is 4.79 Å². The third-order valence-electron chi connectivity index (χ3n) is 2.42. The van der Waals surface area contributed by atoms with E-state index in [4.69, 9.17) is 11.6 Å². The van der Waals surface area contributed by atoms with Crippen molar-refractivity contribution in [2.24, 2.45) is 5.92 Å². The fraction of sp³-hybridized carbons (Fsp3) is 0.364. The van der Waals surface area contributed by atoms with E-state index in [1.54, 1.807) is 18.2 Å². The quantitative estimate of drug-likeness (QED) is 0.909. The molecule has 0 aromatic heterocycles. The fourth-order valence-corrected chi connectivity index (χ4v) is 2.19. The molecule has 15 heavy (non-hydrogen) atoms. The number of hydrogen-bond acceptors (Lipinski definition) is 1. The highest BCUT2D eigenvalue weighted by Gasteiger charge is 2.22. The standard InChI is InChI=1S/C11H11BrClNO/c12-10-5-8(13)3-4-9(10)11(15)14-6-7-1-2-7/h3-5,7H,1-2,6H2,(H,14,15). The van der Waals surface area contributed by atoms with Crippen LogP contribution in [0, 0.1) is 5.92 Å². The Balaban J connectivity index is 2.03. The van der Waals surface area contributed by atoms with Crippen LogP contribution in [0.1, 0.15) is 23.2 Å². The molecule has 0 atom stereocenters. The first-order valence-corrected chi connectivity index (χ1v) is 6.07. The highest BCUT2D eigenvalue weighted by atomic mass is 79.9. The van der Waals surface area contributed by atoms with Crippen molar-refractivity contribution in [1.29, 1.82) is 0 Å². The zero-order chi connectivity index (χ0) is 10.8. The van der Waals surface area contributed by atoms with E-state index in [-0.39, 0.29) is 5.91 Å². The lowest BCUT2D eigenvalue weighted by Crippen LogP contribution is -2.25. The number of nitrogens with one attached hydrogen (secondary N) is 1. The highest BCUT2D eigenvalue weighted by molar-refractivity contribution is 9.10. The maximum absolute atomic E-state index is 11.7. The predicted molar refractivity (Wildman–Crippen MR) is 64.2 cm³/mol. The van der Waals surface area contributed by atoms with E-state index < -0.39 is 0 Å². The molecule has 1 aliphatic rings. The number of hydrogen-bond donors (Lipinski definition) is 1. The summed E-state index contributed by atoms with van der Waals surface area (Å²) in [5.74, 6) is 0.658. The molecular formula is C11H11BrClNO. The van der Waals surface area contributed by atoms with E-state index in [0.29, 0.717) is 16.5 Å². The Hall–Kier alpha value is -0.540. The Bertz CT molecular complexity index is 390. The Morgan fingerprint density at radius 3 is 2.87 bits per heavy atom. The normalized spacial score (nSPS) is 15.1. The molecular weight excluding hydrogens is 277 g/mol. The molecule has 0 heterocycles. The first-order chi connectivity index (χ1) is 7.16. The molecule has 2 nitrogen and oxygen atoms in total. The van der Waals surface area contributed by atoms with E-state index in [1.807, 2.05) is 0 Å². The van der Waals surface area contributed by atoms with Gasteiger partial charge in [-0.2, -0.15) is 0 Å². The van der Waals surface area contributed by atoms with Crippen LogP contribution < -0.4 is 5.32 Å². The molecule has 1 amide bonds. The van der Waals surface area contributed by atoms with Crippen molar-refractivity contribution >= 4 is 33.4 Å². The van der Waals surface area contributed by atoms with Crippen LogP contribution in [0.3, 0.4) is 0 Å². The van der Waals surface area contributed by atoms with Crippen LogP contribution in [-0.4, -0.2) is 12.5 Å².